The van der Waals surface area contributed by atoms with Gasteiger partial charge in [0, 0.05) is 0 Å². The maximum absolute atomic E-state index is 12.8. The monoisotopic (exact) mass is 414 g/mol. The van der Waals surface area contributed by atoms with Gasteiger partial charge in [-0.05, 0) is 0 Å². The summed E-state index contributed by atoms with van der Waals surface area (Å²) in [7, 11) is -4.38. The first-order chi connectivity index (χ1) is 10.1. The van der Waals surface area contributed by atoms with Crippen LogP contribution in [0.5, 0.6) is 0 Å². The summed E-state index contributed by atoms with van der Waals surface area (Å²) in [5.74, 6) is -40.4. The summed E-state index contributed by atoms with van der Waals surface area (Å²) in [6.45, 7) is 0. The average Bonchev–Trinajstić information content (AvgIpc) is 2.36. The maximum Gasteiger partial charge on any atom is 0.460 e. The first-order valence-corrected chi connectivity index (χ1v) is 5.91. The summed E-state index contributed by atoms with van der Waals surface area (Å²) in [6, 6.07) is 0. The van der Waals surface area contributed by atoms with Crippen LogP contribution in [-0.2, 0) is 4.46 Å². The van der Waals surface area contributed by atoms with E-state index in [9.17, 15) is 70.3 Å². The minimum absolute atomic E-state index is 4.38. The van der Waals surface area contributed by atoms with Gasteiger partial charge in [-0.15, -0.1) is 0 Å². The second-order valence-corrected chi connectivity index (χ2v) is 5.07. The third-order valence-corrected chi connectivity index (χ3v) is 3.16. The van der Waals surface area contributed by atoms with Crippen molar-refractivity contribution in [2.75, 3.05) is 0 Å². The third kappa shape index (κ3) is 2.67. The first kappa shape index (κ1) is 23.0. The minimum Gasteiger partial charge on any atom is -0.385 e. The van der Waals surface area contributed by atoms with Crippen LogP contribution in [-0.4, -0.2) is 50.7 Å². The smallest absolute Gasteiger partial charge is 0.385 e. The molecule has 24 heavy (non-hydrogen) atoms. The lowest BCUT2D eigenvalue weighted by Gasteiger charge is -2.40. The van der Waals surface area contributed by atoms with Crippen LogP contribution in [0.4, 0.5) is 65.9 Å². The lowest BCUT2D eigenvalue weighted by molar-refractivity contribution is -0.448. The van der Waals surface area contributed by atoms with E-state index in [1.54, 1.807) is 0 Å². The Hall–Kier alpha value is -1.03. The Bertz CT molecular complexity index is 491. The van der Waals surface area contributed by atoms with Gasteiger partial charge in [0.1, 0.15) is 0 Å². The van der Waals surface area contributed by atoms with E-state index in [0.29, 0.717) is 0 Å². The summed E-state index contributed by atoms with van der Waals surface area (Å²) < 4.78 is 196. The van der Waals surface area contributed by atoms with E-state index in [4.69, 9.17) is 0 Å². The summed E-state index contributed by atoms with van der Waals surface area (Å²) >= 11 is 0. The van der Waals surface area contributed by atoms with Crippen molar-refractivity contribution in [1.82, 2.24) is 0 Å². The van der Waals surface area contributed by atoms with Crippen molar-refractivity contribution >= 4 is 9.41 Å². The summed E-state index contributed by atoms with van der Waals surface area (Å²) in [5.41, 5.74) is -6.59. The van der Waals surface area contributed by atoms with E-state index in [-0.39, 0.29) is 0 Å². The number of hydrogen-bond acceptors (Lipinski definition) is 1. The Morgan fingerprint density at radius 2 is 0.667 bits per heavy atom. The predicted octanol–water partition coefficient (Wildman–Crippen LogP) is 4.10. The fourth-order valence-electron chi connectivity index (χ4n) is 1.05. The highest BCUT2D eigenvalue weighted by Crippen LogP contribution is 2.61. The fraction of sp³-hybridized carbons (Fsp3) is 1.00. The highest BCUT2D eigenvalue weighted by Gasteiger charge is 2.93. The van der Waals surface area contributed by atoms with Gasteiger partial charge in [-0.1, -0.05) is 0 Å². The van der Waals surface area contributed by atoms with E-state index in [2.05, 4.69) is 0 Å². The molecule has 0 rings (SSSR count). The molecule has 0 amide bonds. The van der Waals surface area contributed by atoms with Crippen molar-refractivity contribution in [3.8, 4) is 0 Å². The SMILES string of the molecule is O=[SiH]C(F)(F)C(F)(F)C(F)(F)C(F)(F)C(F)(F)C(F)(F)C(F)(F)F. The largest absolute Gasteiger partial charge is 0.460 e. The quantitative estimate of drug-likeness (QED) is 0.473. The molecular formula is C7HF15OSi. The highest BCUT2D eigenvalue weighted by molar-refractivity contribution is 6.21. The molecule has 17 heteroatoms. The van der Waals surface area contributed by atoms with E-state index < -0.39 is 50.7 Å². The molecule has 0 saturated carbocycles. The van der Waals surface area contributed by atoms with Crippen molar-refractivity contribution in [2.24, 2.45) is 0 Å². The van der Waals surface area contributed by atoms with Crippen LogP contribution >= 0.6 is 0 Å². The molecule has 0 aliphatic rings. The molecule has 0 fully saturated rings. The molecule has 0 radical (unpaired) electrons. The molecule has 0 spiro atoms. The molecule has 0 aromatic rings. The van der Waals surface area contributed by atoms with Crippen molar-refractivity contribution in [2.45, 2.75) is 41.3 Å². The second kappa shape index (κ2) is 5.48. The van der Waals surface area contributed by atoms with E-state index in [1.165, 1.54) is 0 Å². The molecule has 0 N–H and O–H groups in total. The number of hydrogen-bond donors (Lipinski definition) is 0. The van der Waals surface area contributed by atoms with Crippen LogP contribution < -0.4 is 0 Å². The van der Waals surface area contributed by atoms with Crippen LogP contribution in [0.3, 0.4) is 0 Å². The standard InChI is InChI=1S/C7HF15OSi/c8-1(9,2(10,11)4(14,15)6(18,19)20)3(12,13)5(16,17)7(21,22)24-23/h24H. The van der Waals surface area contributed by atoms with Gasteiger partial charge < -0.3 is 4.46 Å². The van der Waals surface area contributed by atoms with Crippen molar-refractivity contribution in [3.63, 3.8) is 0 Å². The third-order valence-electron chi connectivity index (χ3n) is 2.50. The topological polar surface area (TPSA) is 17.1 Å². The molecule has 0 aliphatic heterocycles. The molecule has 0 heterocycles. The summed E-state index contributed by atoms with van der Waals surface area (Å²) in [6.07, 6.45) is -7.63. The Kier molecular flexibility index (Phi) is 5.25. The second-order valence-electron chi connectivity index (χ2n) is 4.11. The lowest BCUT2D eigenvalue weighted by Crippen LogP contribution is -2.72. The molecule has 0 atom stereocenters. The molecule has 0 bridgehead atoms. The van der Waals surface area contributed by atoms with E-state index in [1.807, 2.05) is 0 Å². The van der Waals surface area contributed by atoms with Gasteiger partial charge in [0.15, 0.2) is 0 Å². The van der Waals surface area contributed by atoms with Gasteiger partial charge >= 0.3 is 50.7 Å². The Morgan fingerprint density at radius 3 is 0.917 bits per heavy atom. The van der Waals surface area contributed by atoms with Crippen LogP contribution in [0.25, 0.3) is 0 Å². The van der Waals surface area contributed by atoms with Gasteiger partial charge in [-0.25, -0.2) is 0 Å². The van der Waals surface area contributed by atoms with Gasteiger partial charge in [0.05, 0.1) is 0 Å². The van der Waals surface area contributed by atoms with Crippen LogP contribution in [0, 0.1) is 0 Å². The molecule has 0 saturated heterocycles. The van der Waals surface area contributed by atoms with Crippen molar-refractivity contribution in [1.29, 1.82) is 0 Å². The van der Waals surface area contributed by atoms with Crippen molar-refractivity contribution in [3.05, 3.63) is 0 Å². The Labute approximate surface area is 122 Å². The molecule has 0 unspecified atom stereocenters. The molecular weight excluding hydrogens is 413 g/mol. The lowest BCUT2D eigenvalue weighted by atomic mass is 9.94. The predicted molar refractivity (Wildman–Crippen MR) is 43.6 cm³/mol. The Morgan fingerprint density at radius 1 is 0.417 bits per heavy atom. The zero-order valence-corrected chi connectivity index (χ0v) is 11.3. The number of alkyl halides is 15. The number of rotatable bonds is 6. The van der Waals surface area contributed by atoms with E-state index >= 15 is 0 Å². The molecule has 0 aromatic heterocycles. The zero-order chi connectivity index (χ0) is 20.2. The van der Waals surface area contributed by atoms with Gasteiger partial charge in [-0.2, -0.15) is 65.9 Å². The summed E-state index contributed by atoms with van der Waals surface area (Å²) in [4.78, 5) is 0. The normalized spacial score (nSPS) is 16.3. The fourth-order valence-corrected chi connectivity index (χ4v) is 1.38. The molecule has 1 nitrogen and oxygen atoms in total. The Balaban J connectivity index is 6.47. The van der Waals surface area contributed by atoms with E-state index in [0.717, 1.165) is 0 Å². The van der Waals surface area contributed by atoms with Crippen molar-refractivity contribution < 1.29 is 70.3 Å². The van der Waals surface area contributed by atoms with Gasteiger partial charge in [0.25, 0.3) is 0 Å². The van der Waals surface area contributed by atoms with Crippen LogP contribution in [0.15, 0.2) is 0 Å². The molecule has 144 valence electrons. The summed E-state index contributed by atoms with van der Waals surface area (Å²) in [5, 5.41) is 0. The first-order valence-electron chi connectivity index (χ1n) is 4.86. The zero-order valence-electron chi connectivity index (χ0n) is 10.2. The number of halogens is 15. The average molecular weight is 414 g/mol. The van der Waals surface area contributed by atoms with Gasteiger partial charge in [-0.3, -0.25) is 0 Å². The molecule has 0 aliphatic carbocycles. The van der Waals surface area contributed by atoms with Gasteiger partial charge in [0.2, 0.25) is 0 Å². The molecule has 0 aromatic carbocycles. The van der Waals surface area contributed by atoms with Crippen LogP contribution in [0.1, 0.15) is 0 Å². The van der Waals surface area contributed by atoms with Crippen LogP contribution in [0.2, 0.25) is 0 Å². The maximum atomic E-state index is 12.8. The minimum atomic E-state index is -8.32. The highest BCUT2D eigenvalue weighted by atomic mass is 28.2.